The van der Waals surface area contributed by atoms with Gasteiger partial charge in [0, 0.05) is 43.4 Å². The van der Waals surface area contributed by atoms with Crippen LogP contribution >= 0.6 is 0 Å². The highest BCUT2D eigenvalue weighted by Gasteiger charge is 2.49. The molecule has 0 unspecified atom stereocenters. The Morgan fingerprint density at radius 3 is 2.44 bits per heavy atom. The van der Waals surface area contributed by atoms with Gasteiger partial charge < -0.3 is 10.2 Å². The summed E-state index contributed by atoms with van der Waals surface area (Å²) in [5, 5.41) is 3.22. The van der Waals surface area contributed by atoms with Crippen molar-refractivity contribution in [1.29, 1.82) is 0 Å². The lowest BCUT2D eigenvalue weighted by atomic mass is 9.74. The maximum absolute atomic E-state index is 12.6. The summed E-state index contributed by atoms with van der Waals surface area (Å²) >= 11 is 0. The lowest BCUT2D eigenvalue weighted by Gasteiger charge is -2.43. The molecule has 1 spiro atoms. The van der Waals surface area contributed by atoms with Crippen molar-refractivity contribution in [3.05, 3.63) is 66.0 Å². The van der Waals surface area contributed by atoms with Crippen molar-refractivity contribution in [3.8, 4) is 0 Å². The van der Waals surface area contributed by atoms with Crippen LogP contribution < -0.4 is 5.32 Å². The lowest BCUT2D eigenvalue weighted by Crippen LogP contribution is -2.54. The van der Waals surface area contributed by atoms with Crippen LogP contribution in [-0.2, 0) is 4.79 Å². The molecule has 1 aromatic carbocycles. The minimum absolute atomic E-state index is 0.0697. The molecule has 1 aromatic heterocycles. The van der Waals surface area contributed by atoms with Crippen LogP contribution in [-0.4, -0.2) is 40.3 Å². The standard InChI is InChI=1S/C20H21N3O2/c24-18-14-17(15-6-10-21-11-7-15)20(22-18)8-12-23(13-9-20)19(25)16-4-2-1-3-5-16/h1-7,10-11,17H,8-9,12-14H2,(H,22,24)/t17-/m0/s1. The monoisotopic (exact) mass is 335 g/mol. The number of carbonyl (C=O) groups is 2. The molecule has 2 aromatic rings. The number of amides is 2. The van der Waals surface area contributed by atoms with Gasteiger partial charge in [-0.15, -0.1) is 0 Å². The molecule has 5 nitrogen and oxygen atoms in total. The molecule has 1 atom stereocenters. The van der Waals surface area contributed by atoms with Crippen molar-refractivity contribution in [2.45, 2.75) is 30.7 Å². The molecule has 0 aliphatic carbocycles. The van der Waals surface area contributed by atoms with E-state index in [9.17, 15) is 9.59 Å². The third-order valence-electron chi connectivity index (χ3n) is 5.52. The molecule has 0 saturated carbocycles. The number of aromatic nitrogens is 1. The summed E-state index contributed by atoms with van der Waals surface area (Å²) in [5.74, 6) is 0.321. The number of nitrogens with zero attached hydrogens (tertiary/aromatic N) is 2. The minimum Gasteiger partial charge on any atom is -0.350 e. The molecule has 4 rings (SSSR count). The molecule has 5 heteroatoms. The van der Waals surface area contributed by atoms with Crippen molar-refractivity contribution in [3.63, 3.8) is 0 Å². The molecule has 2 aliphatic heterocycles. The molecule has 3 heterocycles. The SMILES string of the molecule is O=C1C[C@@H](c2ccncc2)C2(CCN(C(=O)c3ccccc3)CC2)N1. The highest BCUT2D eigenvalue weighted by atomic mass is 16.2. The Morgan fingerprint density at radius 1 is 1.08 bits per heavy atom. The molecule has 0 bridgehead atoms. The largest absolute Gasteiger partial charge is 0.350 e. The molecular formula is C20H21N3O2. The number of pyridine rings is 1. The first kappa shape index (κ1) is 15.8. The van der Waals surface area contributed by atoms with Crippen molar-refractivity contribution >= 4 is 11.8 Å². The predicted octanol–water partition coefficient (Wildman–Crippen LogP) is 2.36. The number of benzene rings is 1. The first-order chi connectivity index (χ1) is 12.2. The van der Waals surface area contributed by atoms with Crippen LogP contribution in [0.2, 0.25) is 0 Å². The van der Waals surface area contributed by atoms with Gasteiger partial charge in [-0.05, 0) is 42.7 Å². The summed E-state index contributed by atoms with van der Waals surface area (Å²) in [4.78, 5) is 30.8. The Kier molecular flexibility index (Phi) is 3.99. The quantitative estimate of drug-likeness (QED) is 0.916. The Bertz CT molecular complexity index is 768. The minimum atomic E-state index is -0.244. The highest BCUT2D eigenvalue weighted by molar-refractivity contribution is 5.94. The van der Waals surface area contributed by atoms with Crippen LogP contribution in [0.5, 0.6) is 0 Å². The average molecular weight is 335 g/mol. The van der Waals surface area contributed by atoms with Crippen LogP contribution in [0.4, 0.5) is 0 Å². The molecule has 25 heavy (non-hydrogen) atoms. The van der Waals surface area contributed by atoms with E-state index >= 15 is 0 Å². The second-order valence-corrected chi connectivity index (χ2v) is 6.90. The molecule has 2 aliphatic rings. The predicted molar refractivity (Wildman–Crippen MR) is 94.0 cm³/mol. The zero-order valence-electron chi connectivity index (χ0n) is 14.0. The van der Waals surface area contributed by atoms with E-state index in [2.05, 4.69) is 10.3 Å². The number of hydrogen-bond donors (Lipinski definition) is 1. The van der Waals surface area contributed by atoms with Crippen molar-refractivity contribution in [1.82, 2.24) is 15.2 Å². The van der Waals surface area contributed by atoms with E-state index in [4.69, 9.17) is 0 Å². The van der Waals surface area contributed by atoms with Crippen LogP contribution in [0.3, 0.4) is 0 Å². The number of likely N-dealkylation sites (tertiary alicyclic amines) is 1. The summed E-state index contributed by atoms with van der Waals surface area (Å²) in [5.41, 5.74) is 1.63. The van der Waals surface area contributed by atoms with Crippen LogP contribution in [0.15, 0.2) is 54.9 Å². The second-order valence-electron chi connectivity index (χ2n) is 6.90. The van der Waals surface area contributed by atoms with Crippen LogP contribution in [0.25, 0.3) is 0 Å². The zero-order chi connectivity index (χ0) is 17.3. The summed E-state index contributed by atoms with van der Waals surface area (Å²) < 4.78 is 0. The van der Waals surface area contributed by atoms with Gasteiger partial charge in [-0.2, -0.15) is 0 Å². The van der Waals surface area contributed by atoms with Crippen molar-refractivity contribution in [2.75, 3.05) is 13.1 Å². The number of piperidine rings is 1. The zero-order valence-corrected chi connectivity index (χ0v) is 14.0. The summed E-state index contributed by atoms with van der Waals surface area (Å²) in [6, 6.07) is 13.4. The molecule has 2 saturated heterocycles. The van der Waals surface area contributed by atoms with E-state index in [1.165, 1.54) is 0 Å². The average Bonchev–Trinajstić information content (AvgIpc) is 2.99. The van der Waals surface area contributed by atoms with Gasteiger partial charge in [-0.25, -0.2) is 0 Å². The number of hydrogen-bond acceptors (Lipinski definition) is 3. The Morgan fingerprint density at radius 2 is 1.76 bits per heavy atom. The first-order valence-corrected chi connectivity index (χ1v) is 8.73. The maximum atomic E-state index is 12.6. The Labute approximate surface area is 147 Å². The third kappa shape index (κ3) is 2.90. The number of rotatable bonds is 2. The topological polar surface area (TPSA) is 62.3 Å². The van der Waals surface area contributed by atoms with Gasteiger partial charge in [-0.3, -0.25) is 14.6 Å². The maximum Gasteiger partial charge on any atom is 0.253 e. The van der Waals surface area contributed by atoms with Gasteiger partial charge in [-0.1, -0.05) is 18.2 Å². The fraction of sp³-hybridized carbons (Fsp3) is 0.350. The van der Waals surface area contributed by atoms with Crippen molar-refractivity contribution in [2.24, 2.45) is 0 Å². The molecule has 1 N–H and O–H groups in total. The van der Waals surface area contributed by atoms with Crippen LogP contribution in [0, 0.1) is 0 Å². The Balaban J connectivity index is 1.51. The van der Waals surface area contributed by atoms with E-state index in [-0.39, 0.29) is 23.3 Å². The van der Waals surface area contributed by atoms with Gasteiger partial charge in [0.1, 0.15) is 0 Å². The smallest absolute Gasteiger partial charge is 0.253 e. The number of nitrogens with one attached hydrogen (secondary N) is 1. The fourth-order valence-electron chi connectivity index (χ4n) is 4.17. The molecule has 2 amide bonds. The van der Waals surface area contributed by atoms with Gasteiger partial charge in [0.2, 0.25) is 5.91 Å². The van der Waals surface area contributed by atoms with Gasteiger partial charge in [0.15, 0.2) is 0 Å². The van der Waals surface area contributed by atoms with E-state index in [0.717, 1.165) is 24.0 Å². The second kappa shape index (κ2) is 6.31. The third-order valence-corrected chi connectivity index (χ3v) is 5.52. The van der Waals surface area contributed by atoms with Gasteiger partial charge in [0.25, 0.3) is 5.91 Å². The molecular weight excluding hydrogens is 314 g/mol. The molecule has 2 fully saturated rings. The van der Waals surface area contributed by atoms with Crippen molar-refractivity contribution < 1.29 is 9.59 Å². The Hall–Kier alpha value is -2.69. The molecule has 0 radical (unpaired) electrons. The van der Waals surface area contributed by atoms with E-state index in [1.807, 2.05) is 47.4 Å². The fourth-order valence-corrected chi connectivity index (χ4v) is 4.17. The molecule has 128 valence electrons. The van der Waals surface area contributed by atoms with Gasteiger partial charge in [0.05, 0.1) is 5.54 Å². The van der Waals surface area contributed by atoms with E-state index in [0.29, 0.717) is 19.5 Å². The number of carbonyl (C=O) groups excluding carboxylic acids is 2. The summed E-state index contributed by atoms with van der Waals surface area (Å²) in [6.07, 6.45) is 5.63. The normalized spacial score (nSPS) is 22.0. The first-order valence-electron chi connectivity index (χ1n) is 8.73. The van der Waals surface area contributed by atoms with Gasteiger partial charge >= 0.3 is 0 Å². The lowest BCUT2D eigenvalue weighted by molar-refractivity contribution is -0.120. The van der Waals surface area contributed by atoms with E-state index < -0.39 is 0 Å². The summed E-state index contributed by atoms with van der Waals surface area (Å²) in [7, 11) is 0. The van der Waals surface area contributed by atoms with E-state index in [1.54, 1.807) is 12.4 Å². The summed E-state index contributed by atoms with van der Waals surface area (Å²) in [6.45, 7) is 1.32. The highest BCUT2D eigenvalue weighted by Crippen LogP contribution is 2.43. The van der Waals surface area contributed by atoms with Crippen LogP contribution in [0.1, 0.15) is 41.1 Å².